The molecule has 3 rings (SSSR count). The van der Waals surface area contributed by atoms with E-state index in [0.717, 1.165) is 0 Å². The van der Waals surface area contributed by atoms with Crippen LogP contribution in [-0.2, 0) is 16.0 Å². The molecule has 8 heteroatoms. The number of aryl methyl sites for hydroxylation is 1. The number of ether oxygens (including phenoxy) is 1. The SMILES string of the molecule is COc1cc2oc(=O)c(CC(=O)N3CCC[C@H]3C(=O)O)c(C)c2cc1Cl. The van der Waals surface area contributed by atoms with Crippen molar-refractivity contribution in [1.29, 1.82) is 0 Å². The maximum absolute atomic E-state index is 12.6. The second-order valence-electron chi connectivity index (χ2n) is 6.24. The first-order valence-electron chi connectivity index (χ1n) is 8.15. The average molecular weight is 380 g/mol. The number of hydrogen-bond donors (Lipinski definition) is 1. The number of benzene rings is 1. The molecule has 0 saturated carbocycles. The maximum Gasteiger partial charge on any atom is 0.340 e. The Morgan fingerprint density at radius 1 is 1.42 bits per heavy atom. The van der Waals surface area contributed by atoms with Crippen LogP contribution in [0.4, 0.5) is 0 Å². The molecular weight excluding hydrogens is 362 g/mol. The number of halogens is 1. The predicted octanol–water partition coefficient (Wildman–Crippen LogP) is 2.38. The summed E-state index contributed by atoms with van der Waals surface area (Å²) in [6, 6.07) is 2.31. The molecule has 1 fully saturated rings. The summed E-state index contributed by atoms with van der Waals surface area (Å²) in [7, 11) is 1.46. The lowest BCUT2D eigenvalue weighted by Gasteiger charge is -2.21. The lowest BCUT2D eigenvalue weighted by molar-refractivity contribution is -0.148. The minimum atomic E-state index is -1.03. The molecule has 2 heterocycles. The first-order valence-corrected chi connectivity index (χ1v) is 8.53. The molecule has 0 aliphatic carbocycles. The van der Waals surface area contributed by atoms with E-state index in [0.29, 0.717) is 46.7 Å². The number of carboxylic acids is 1. The third kappa shape index (κ3) is 3.14. The topological polar surface area (TPSA) is 97.0 Å². The van der Waals surface area contributed by atoms with Crippen molar-refractivity contribution in [3.8, 4) is 5.75 Å². The number of hydrogen-bond acceptors (Lipinski definition) is 5. The van der Waals surface area contributed by atoms with Gasteiger partial charge in [-0.3, -0.25) is 4.79 Å². The molecule has 1 N–H and O–H groups in total. The van der Waals surface area contributed by atoms with Gasteiger partial charge in [0.2, 0.25) is 5.91 Å². The van der Waals surface area contributed by atoms with Crippen LogP contribution in [0.2, 0.25) is 5.02 Å². The van der Waals surface area contributed by atoms with Crippen LogP contribution >= 0.6 is 11.6 Å². The lowest BCUT2D eigenvalue weighted by Crippen LogP contribution is -2.41. The van der Waals surface area contributed by atoms with Crippen LogP contribution in [0.3, 0.4) is 0 Å². The molecule has 2 aromatic rings. The Morgan fingerprint density at radius 2 is 2.15 bits per heavy atom. The summed E-state index contributed by atoms with van der Waals surface area (Å²) in [5.74, 6) is -1.05. The average Bonchev–Trinajstić information content (AvgIpc) is 3.09. The number of aliphatic carboxylic acids is 1. The van der Waals surface area contributed by atoms with E-state index >= 15 is 0 Å². The van der Waals surface area contributed by atoms with Gasteiger partial charge in [0.05, 0.1) is 24.1 Å². The van der Waals surface area contributed by atoms with Crippen LogP contribution in [0.5, 0.6) is 5.75 Å². The van der Waals surface area contributed by atoms with Gasteiger partial charge in [0, 0.05) is 18.0 Å². The Kier molecular flexibility index (Phi) is 4.91. The van der Waals surface area contributed by atoms with Gasteiger partial charge < -0.3 is 19.2 Å². The summed E-state index contributed by atoms with van der Waals surface area (Å²) in [4.78, 5) is 37.5. The molecule has 1 aromatic heterocycles. The van der Waals surface area contributed by atoms with Crippen molar-refractivity contribution >= 4 is 34.4 Å². The molecule has 138 valence electrons. The van der Waals surface area contributed by atoms with Crippen molar-refractivity contribution < 1.29 is 23.8 Å². The summed E-state index contributed by atoms with van der Waals surface area (Å²) >= 11 is 6.15. The van der Waals surface area contributed by atoms with E-state index in [4.69, 9.17) is 20.8 Å². The second-order valence-corrected chi connectivity index (χ2v) is 6.64. The molecule has 0 radical (unpaired) electrons. The van der Waals surface area contributed by atoms with E-state index in [1.165, 1.54) is 18.1 Å². The number of carbonyl (C=O) groups is 2. The van der Waals surface area contributed by atoms with Gasteiger partial charge in [-0.1, -0.05) is 11.6 Å². The van der Waals surface area contributed by atoms with Crippen LogP contribution in [0.25, 0.3) is 11.0 Å². The molecule has 1 aliphatic rings. The number of fused-ring (bicyclic) bond motifs is 1. The molecule has 7 nitrogen and oxygen atoms in total. The Morgan fingerprint density at radius 3 is 2.81 bits per heavy atom. The second kappa shape index (κ2) is 6.99. The van der Waals surface area contributed by atoms with Crippen molar-refractivity contribution in [2.24, 2.45) is 0 Å². The Bertz CT molecular complexity index is 951. The quantitative estimate of drug-likeness (QED) is 0.819. The highest BCUT2D eigenvalue weighted by Gasteiger charge is 2.34. The van der Waals surface area contributed by atoms with Crippen LogP contribution in [0.15, 0.2) is 21.3 Å². The van der Waals surface area contributed by atoms with E-state index < -0.39 is 23.5 Å². The first kappa shape index (κ1) is 18.3. The Labute approximate surface area is 154 Å². The summed E-state index contributed by atoms with van der Waals surface area (Å²) in [6.45, 7) is 2.08. The zero-order valence-electron chi connectivity index (χ0n) is 14.4. The van der Waals surface area contributed by atoms with Gasteiger partial charge in [-0.25, -0.2) is 9.59 Å². The molecule has 1 saturated heterocycles. The van der Waals surface area contributed by atoms with Crippen LogP contribution in [0.1, 0.15) is 24.0 Å². The maximum atomic E-state index is 12.6. The van der Waals surface area contributed by atoms with Crippen molar-refractivity contribution in [3.05, 3.63) is 38.7 Å². The van der Waals surface area contributed by atoms with Crippen LogP contribution in [-0.4, -0.2) is 41.6 Å². The minimum absolute atomic E-state index is 0.208. The highest BCUT2D eigenvalue weighted by atomic mass is 35.5. The number of rotatable bonds is 4. The van der Waals surface area contributed by atoms with Gasteiger partial charge in [-0.2, -0.15) is 0 Å². The number of carboxylic acid groups (broad SMARTS) is 1. The normalized spacial score (nSPS) is 16.9. The molecule has 0 spiro atoms. The molecule has 1 aliphatic heterocycles. The molecule has 1 amide bonds. The van der Waals surface area contributed by atoms with Gasteiger partial charge in [0.25, 0.3) is 0 Å². The smallest absolute Gasteiger partial charge is 0.340 e. The fraction of sp³-hybridized carbons (Fsp3) is 0.389. The number of likely N-dealkylation sites (tertiary alicyclic amines) is 1. The minimum Gasteiger partial charge on any atom is -0.495 e. The van der Waals surface area contributed by atoms with Crippen molar-refractivity contribution in [1.82, 2.24) is 4.90 Å². The number of amides is 1. The Balaban J connectivity index is 1.99. The fourth-order valence-electron chi connectivity index (χ4n) is 3.33. The van der Waals surface area contributed by atoms with Crippen molar-refractivity contribution in [2.75, 3.05) is 13.7 Å². The van der Waals surface area contributed by atoms with E-state index in [1.807, 2.05) is 0 Å². The number of methoxy groups -OCH3 is 1. The molecular formula is C18H18ClNO6. The predicted molar refractivity (Wildman–Crippen MR) is 94.9 cm³/mol. The molecule has 26 heavy (non-hydrogen) atoms. The van der Waals surface area contributed by atoms with Gasteiger partial charge >= 0.3 is 11.6 Å². The third-order valence-corrected chi connectivity index (χ3v) is 5.04. The summed E-state index contributed by atoms with van der Waals surface area (Å²) < 4.78 is 10.4. The molecule has 0 unspecified atom stereocenters. The zero-order valence-corrected chi connectivity index (χ0v) is 15.1. The van der Waals surface area contributed by atoms with Gasteiger partial charge in [0.1, 0.15) is 17.4 Å². The molecule has 1 atom stereocenters. The van der Waals surface area contributed by atoms with E-state index in [9.17, 15) is 19.5 Å². The van der Waals surface area contributed by atoms with Gasteiger partial charge in [0.15, 0.2) is 0 Å². The van der Waals surface area contributed by atoms with Crippen LogP contribution < -0.4 is 10.4 Å². The number of nitrogens with zero attached hydrogens (tertiary/aromatic N) is 1. The highest BCUT2D eigenvalue weighted by Crippen LogP contribution is 2.31. The van der Waals surface area contributed by atoms with Crippen molar-refractivity contribution in [2.45, 2.75) is 32.2 Å². The monoisotopic (exact) mass is 379 g/mol. The number of carbonyl (C=O) groups excluding carboxylic acids is 1. The highest BCUT2D eigenvalue weighted by molar-refractivity contribution is 6.32. The first-order chi connectivity index (χ1) is 12.3. The van der Waals surface area contributed by atoms with Gasteiger partial charge in [-0.15, -0.1) is 0 Å². The van der Waals surface area contributed by atoms with E-state index in [1.54, 1.807) is 13.0 Å². The fourth-order valence-corrected chi connectivity index (χ4v) is 3.57. The molecule has 0 bridgehead atoms. The van der Waals surface area contributed by atoms with Gasteiger partial charge in [-0.05, 0) is 31.4 Å². The summed E-state index contributed by atoms with van der Waals surface area (Å²) in [5.41, 5.74) is 0.480. The largest absolute Gasteiger partial charge is 0.495 e. The zero-order chi connectivity index (χ0) is 19.0. The van der Waals surface area contributed by atoms with Crippen molar-refractivity contribution in [3.63, 3.8) is 0 Å². The van der Waals surface area contributed by atoms with E-state index in [2.05, 4.69) is 0 Å². The summed E-state index contributed by atoms with van der Waals surface area (Å²) in [6.07, 6.45) is 0.836. The Hall–Kier alpha value is -2.54. The summed E-state index contributed by atoms with van der Waals surface area (Å²) in [5, 5.41) is 10.2. The lowest BCUT2D eigenvalue weighted by atomic mass is 10.0. The standard InChI is InChI=1S/C18H18ClNO6/c1-9-10-6-12(19)15(25-2)8-14(10)26-18(24)11(9)7-16(21)20-5-3-4-13(20)17(22)23/h6,8,13H,3-5,7H2,1-2H3,(H,22,23)/t13-/m0/s1. The van der Waals surface area contributed by atoms with Crippen LogP contribution in [0, 0.1) is 6.92 Å². The molecule has 1 aromatic carbocycles. The van der Waals surface area contributed by atoms with E-state index in [-0.39, 0.29) is 12.0 Å². The third-order valence-electron chi connectivity index (χ3n) is 4.75.